The summed E-state index contributed by atoms with van der Waals surface area (Å²) in [5.74, 6) is 1.59. The highest BCUT2D eigenvalue weighted by Gasteiger charge is 2.32. The molecule has 0 amide bonds. The molecule has 0 fully saturated rings. The molecular formula is C22H24N4O3S. The maximum absolute atomic E-state index is 9.48. The Kier molecular flexibility index (Phi) is 4.72. The van der Waals surface area contributed by atoms with Crippen molar-refractivity contribution in [3.63, 3.8) is 0 Å². The number of nitrogens with zero attached hydrogens (tertiary/aromatic N) is 4. The van der Waals surface area contributed by atoms with Crippen molar-refractivity contribution in [3.05, 3.63) is 35.9 Å². The van der Waals surface area contributed by atoms with Gasteiger partial charge in [0.25, 0.3) is 0 Å². The molecule has 4 aromatic rings. The van der Waals surface area contributed by atoms with Crippen LogP contribution in [0.15, 0.2) is 29.1 Å². The minimum absolute atomic E-state index is 0.0754. The molecule has 156 valence electrons. The zero-order valence-corrected chi connectivity index (χ0v) is 18.1. The first kappa shape index (κ1) is 19.4. The summed E-state index contributed by atoms with van der Waals surface area (Å²) >= 11 is 1.60. The van der Waals surface area contributed by atoms with Crippen LogP contribution in [0.5, 0.6) is 0 Å². The average molecular weight is 425 g/mol. The lowest BCUT2D eigenvalue weighted by Crippen LogP contribution is -2.32. The Labute approximate surface area is 178 Å². The molecular weight excluding hydrogens is 400 g/mol. The van der Waals surface area contributed by atoms with Crippen LogP contribution in [0.3, 0.4) is 0 Å². The largest absolute Gasteiger partial charge is 0.463 e. The van der Waals surface area contributed by atoms with Crippen LogP contribution >= 0.6 is 11.3 Å². The maximum atomic E-state index is 9.48. The third-order valence-corrected chi connectivity index (χ3v) is 6.68. The van der Waals surface area contributed by atoms with E-state index in [4.69, 9.17) is 14.1 Å². The molecule has 0 bridgehead atoms. The number of ether oxygens (including phenoxy) is 1. The number of fused-ring (bicyclic) bond motifs is 5. The lowest BCUT2D eigenvalue weighted by Gasteiger charge is -2.32. The zero-order chi connectivity index (χ0) is 20.9. The van der Waals surface area contributed by atoms with E-state index >= 15 is 0 Å². The molecule has 0 radical (unpaired) electrons. The fourth-order valence-corrected chi connectivity index (χ4v) is 5.35. The fraction of sp³-hybridized carbons (Fsp3) is 0.409. The Hall–Kier alpha value is -2.55. The summed E-state index contributed by atoms with van der Waals surface area (Å²) < 4.78 is 12.8. The molecule has 0 aliphatic carbocycles. The van der Waals surface area contributed by atoms with Gasteiger partial charge in [-0.05, 0) is 38.5 Å². The first-order valence-corrected chi connectivity index (χ1v) is 11.0. The van der Waals surface area contributed by atoms with Gasteiger partial charge in [0, 0.05) is 30.5 Å². The molecule has 0 spiro atoms. The third kappa shape index (κ3) is 3.07. The van der Waals surface area contributed by atoms with E-state index in [1.807, 2.05) is 12.1 Å². The topological polar surface area (TPSA) is 84.5 Å². The molecule has 30 heavy (non-hydrogen) atoms. The van der Waals surface area contributed by atoms with Crippen LogP contribution in [0.25, 0.3) is 31.9 Å². The first-order valence-electron chi connectivity index (χ1n) is 10.1. The van der Waals surface area contributed by atoms with E-state index in [2.05, 4.69) is 35.6 Å². The first-order chi connectivity index (χ1) is 14.5. The predicted octanol–water partition coefficient (Wildman–Crippen LogP) is 4.17. The molecule has 5 rings (SSSR count). The predicted molar refractivity (Wildman–Crippen MR) is 118 cm³/mol. The molecule has 0 aromatic carbocycles. The van der Waals surface area contributed by atoms with Crippen LogP contribution in [-0.2, 0) is 17.8 Å². The highest BCUT2D eigenvalue weighted by Crippen LogP contribution is 2.44. The summed E-state index contributed by atoms with van der Waals surface area (Å²) in [6.07, 6.45) is 4.05. The molecule has 8 heteroatoms. The van der Waals surface area contributed by atoms with Crippen molar-refractivity contribution in [3.8, 4) is 11.5 Å². The number of furan rings is 1. The van der Waals surface area contributed by atoms with Crippen molar-refractivity contribution in [1.82, 2.24) is 15.0 Å². The van der Waals surface area contributed by atoms with E-state index in [1.165, 1.54) is 5.56 Å². The molecule has 0 unspecified atom stereocenters. The van der Waals surface area contributed by atoms with Crippen LogP contribution in [0.1, 0.15) is 31.9 Å². The molecule has 0 saturated heterocycles. The standard InChI is InChI=1S/C22H24N4O3S/c1-4-26(7-8-27)20-19-18(23-12-24-20)16-13-10-22(2,3)29-11-14(13)17(25-21(16)30-19)15-6-5-9-28-15/h5-6,9,12,27H,4,7-8,10-11H2,1-3H3. The minimum atomic E-state index is -0.266. The molecule has 0 atom stereocenters. The second kappa shape index (κ2) is 7.30. The van der Waals surface area contributed by atoms with Crippen molar-refractivity contribution in [2.45, 2.75) is 39.4 Å². The highest BCUT2D eigenvalue weighted by atomic mass is 32.1. The van der Waals surface area contributed by atoms with E-state index in [0.29, 0.717) is 13.2 Å². The van der Waals surface area contributed by atoms with Gasteiger partial charge in [-0.2, -0.15) is 0 Å². The molecule has 4 aromatic heterocycles. The van der Waals surface area contributed by atoms with Crippen LogP contribution in [-0.4, -0.2) is 45.4 Å². The normalized spacial score (nSPS) is 15.6. The van der Waals surface area contributed by atoms with Gasteiger partial charge in [-0.3, -0.25) is 0 Å². The number of aliphatic hydroxyl groups is 1. The Morgan fingerprint density at radius 1 is 1.27 bits per heavy atom. The van der Waals surface area contributed by atoms with Gasteiger partial charge < -0.3 is 19.2 Å². The van der Waals surface area contributed by atoms with E-state index < -0.39 is 0 Å². The summed E-state index contributed by atoms with van der Waals surface area (Å²) in [5.41, 5.74) is 3.78. The van der Waals surface area contributed by atoms with Gasteiger partial charge in [0.1, 0.15) is 22.7 Å². The Bertz CT molecular complexity index is 1220. The van der Waals surface area contributed by atoms with Crippen LogP contribution in [0.4, 0.5) is 5.82 Å². The number of aliphatic hydroxyl groups excluding tert-OH is 1. The summed E-state index contributed by atoms with van der Waals surface area (Å²) in [5, 5.41) is 10.6. The lowest BCUT2D eigenvalue weighted by molar-refractivity contribution is -0.0395. The van der Waals surface area contributed by atoms with Gasteiger partial charge >= 0.3 is 0 Å². The Morgan fingerprint density at radius 2 is 2.13 bits per heavy atom. The van der Waals surface area contributed by atoms with E-state index in [9.17, 15) is 5.11 Å². The second-order valence-electron chi connectivity index (χ2n) is 8.08. The number of rotatable bonds is 5. The third-order valence-electron chi connectivity index (χ3n) is 5.62. The molecule has 1 aliphatic rings. The lowest BCUT2D eigenvalue weighted by atomic mass is 9.89. The van der Waals surface area contributed by atoms with Crippen molar-refractivity contribution in [2.24, 2.45) is 0 Å². The van der Waals surface area contributed by atoms with E-state index in [1.54, 1.807) is 23.9 Å². The number of aromatic nitrogens is 3. The van der Waals surface area contributed by atoms with Crippen molar-refractivity contribution >= 4 is 37.6 Å². The number of thiophene rings is 1. The zero-order valence-electron chi connectivity index (χ0n) is 17.3. The average Bonchev–Trinajstić information content (AvgIpc) is 3.38. The Balaban J connectivity index is 1.83. The van der Waals surface area contributed by atoms with Crippen LogP contribution < -0.4 is 4.90 Å². The van der Waals surface area contributed by atoms with Crippen molar-refractivity contribution in [2.75, 3.05) is 24.6 Å². The molecule has 1 aliphatic heterocycles. The van der Waals surface area contributed by atoms with E-state index in [0.717, 1.165) is 56.2 Å². The van der Waals surface area contributed by atoms with E-state index in [-0.39, 0.29) is 12.2 Å². The SMILES string of the molecule is CCN(CCO)c1ncnc2c1sc1nc(-c3ccco3)c3c(c12)CC(C)(C)OC3. The van der Waals surface area contributed by atoms with Gasteiger partial charge in [0.05, 0.1) is 35.3 Å². The highest BCUT2D eigenvalue weighted by molar-refractivity contribution is 7.26. The van der Waals surface area contributed by atoms with Crippen LogP contribution in [0.2, 0.25) is 0 Å². The van der Waals surface area contributed by atoms with Gasteiger partial charge in [-0.15, -0.1) is 11.3 Å². The number of anilines is 1. The number of hydrogen-bond acceptors (Lipinski definition) is 8. The van der Waals surface area contributed by atoms with Gasteiger partial charge in [0.2, 0.25) is 0 Å². The monoisotopic (exact) mass is 424 g/mol. The summed E-state index contributed by atoms with van der Waals surface area (Å²) in [6.45, 7) is 8.14. The maximum Gasteiger partial charge on any atom is 0.152 e. The molecule has 0 saturated carbocycles. The van der Waals surface area contributed by atoms with Crippen molar-refractivity contribution in [1.29, 1.82) is 0 Å². The fourth-order valence-electron chi connectivity index (χ4n) is 4.17. The number of hydrogen-bond donors (Lipinski definition) is 1. The molecule has 7 nitrogen and oxygen atoms in total. The van der Waals surface area contributed by atoms with Crippen LogP contribution in [0, 0.1) is 0 Å². The summed E-state index contributed by atoms with van der Waals surface area (Å²) in [6, 6.07) is 3.82. The van der Waals surface area contributed by atoms with Crippen molar-refractivity contribution < 1.29 is 14.3 Å². The quantitative estimate of drug-likeness (QED) is 0.515. The number of likely N-dealkylation sites (N-methyl/N-ethyl adjacent to an activating group) is 1. The van der Waals surface area contributed by atoms with Gasteiger partial charge in [-0.1, -0.05) is 0 Å². The summed E-state index contributed by atoms with van der Waals surface area (Å²) in [4.78, 5) is 17.2. The Morgan fingerprint density at radius 3 is 2.87 bits per heavy atom. The molecule has 1 N–H and O–H groups in total. The minimum Gasteiger partial charge on any atom is -0.463 e. The second-order valence-corrected chi connectivity index (χ2v) is 9.08. The summed E-state index contributed by atoms with van der Waals surface area (Å²) in [7, 11) is 0. The van der Waals surface area contributed by atoms with Gasteiger partial charge in [0.15, 0.2) is 5.76 Å². The smallest absolute Gasteiger partial charge is 0.152 e. The molecule has 5 heterocycles. The van der Waals surface area contributed by atoms with Gasteiger partial charge in [-0.25, -0.2) is 15.0 Å². The number of pyridine rings is 1.